The first kappa shape index (κ1) is 13.3. The standard InChI is InChI=1S/C20H12N2O2/c23-21-15-9-10-16(22-24)20-18-12-6-2-1-5-11(12)17(19(15)20)13-7-3-4-8-14(13)18/h1-10,17-18H. The zero-order chi connectivity index (χ0) is 16.3. The van der Waals surface area contributed by atoms with E-state index in [0.717, 1.165) is 11.1 Å². The van der Waals surface area contributed by atoms with Crippen molar-refractivity contribution in [3.8, 4) is 0 Å². The van der Waals surface area contributed by atoms with Gasteiger partial charge in [0.15, 0.2) is 0 Å². The summed E-state index contributed by atoms with van der Waals surface area (Å²) in [5.74, 6) is -0.154. The molecule has 0 spiro atoms. The molecular weight excluding hydrogens is 300 g/mol. The molecule has 2 bridgehead atoms. The van der Waals surface area contributed by atoms with Gasteiger partial charge >= 0.3 is 0 Å². The van der Waals surface area contributed by atoms with Crippen LogP contribution in [0.25, 0.3) is 0 Å². The first-order valence-corrected chi connectivity index (χ1v) is 7.86. The van der Waals surface area contributed by atoms with E-state index in [0.29, 0.717) is 11.4 Å². The number of hydrogen-bond acceptors (Lipinski definition) is 4. The number of nitroso groups, excluding NO2 is 2. The van der Waals surface area contributed by atoms with Gasteiger partial charge in [0, 0.05) is 11.8 Å². The Morgan fingerprint density at radius 2 is 0.875 bits per heavy atom. The molecule has 0 saturated carbocycles. The Balaban J connectivity index is 1.97. The van der Waals surface area contributed by atoms with E-state index in [-0.39, 0.29) is 11.8 Å². The summed E-state index contributed by atoms with van der Waals surface area (Å²) in [6.45, 7) is 0. The van der Waals surface area contributed by atoms with E-state index < -0.39 is 0 Å². The summed E-state index contributed by atoms with van der Waals surface area (Å²) >= 11 is 0. The number of nitrogens with zero attached hydrogens (tertiary/aromatic N) is 2. The van der Waals surface area contributed by atoms with Crippen LogP contribution in [0.4, 0.5) is 11.4 Å². The summed E-state index contributed by atoms with van der Waals surface area (Å²) in [4.78, 5) is 22.8. The first-order chi connectivity index (χ1) is 11.8. The lowest BCUT2D eigenvalue weighted by Crippen LogP contribution is -2.27. The van der Waals surface area contributed by atoms with Crippen LogP contribution in [0.15, 0.2) is 71.0 Å². The second-order valence-corrected chi connectivity index (χ2v) is 6.24. The quantitative estimate of drug-likeness (QED) is 0.406. The molecule has 0 aromatic heterocycles. The molecule has 3 aliphatic rings. The maximum Gasteiger partial charge on any atom is 0.112 e. The minimum absolute atomic E-state index is 0.0770. The monoisotopic (exact) mass is 312 g/mol. The molecule has 0 atom stereocenters. The van der Waals surface area contributed by atoms with Crippen molar-refractivity contribution in [3.05, 3.63) is 104 Å². The highest BCUT2D eigenvalue weighted by atomic mass is 16.3. The molecule has 0 saturated heterocycles. The summed E-state index contributed by atoms with van der Waals surface area (Å²) in [7, 11) is 0. The molecular formula is C20H12N2O2. The van der Waals surface area contributed by atoms with Crippen molar-refractivity contribution < 1.29 is 0 Å². The van der Waals surface area contributed by atoms with Crippen molar-refractivity contribution in [2.24, 2.45) is 10.4 Å². The maximum atomic E-state index is 11.4. The molecule has 0 amide bonds. The van der Waals surface area contributed by atoms with Crippen LogP contribution >= 0.6 is 0 Å². The van der Waals surface area contributed by atoms with Gasteiger partial charge in [-0.1, -0.05) is 48.5 Å². The summed E-state index contributed by atoms with van der Waals surface area (Å²) in [6, 6.07) is 19.7. The highest BCUT2D eigenvalue weighted by Gasteiger charge is 2.44. The van der Waals surface area contributed by atoms with Crippen molar-refractivity contribution in [1.82, 2.24) is 0 Å². The van der Waals surface area contributed by atoms with Crippen molar-refractivity contribution in [1.29, 1.82) is 0 Å². The fourth-order valence-electron chi connectivity index (χ4n) is 4.41. The topological polar surface area (TPSA) is 58.9 Å². The molecule has 4 heteroatoms. The van der Waals surface area contributed by atoms with E-state index in [4.69, 9.17) is 0 Å². The van der Waals surface area contributed by atoms with Crippen LogP contribution in [0, 0.1) is 9.81 Å². The summed E-state index contributed by atoms with van der Waals surface area (Å²) in [6.07, 6.45) is 0. The summed E-state index contributed by atoms with van der Waals surface area (Å²) < 4.78 is 0. The Bertz CT molecular complexity index is 897. The van der Waals surface area contributed by atoms with Crippen molar-refractivity contribution in [3.63, 3.8) is 0 Å². The lowest BCUT2D eigenvalue weighted by atomic mass is 9.60. The van der Waals surface area contributed by atoms with Crippen LogP contribution in [-0.4, -0.2) is 0 Å². The van der Waals surface area contributed by atoms with Gasteiger partial charge in [-0.15, -0.1) is 9.81 Å². The van der Waals surface area contributed by atoms with Gasteiger partial charge in [0.25, 0.3) is 0 Å². The molecule has 3 aliphatic carbocycles. The van der Waals surface area contributed by atoms with Gasteiger partial charge in [-0.05, 0) is 55.9 Å². The highest BCUT2D eigenvalue weighted by Crippen LogP contribution is 2.59. The largest absolute Gasteiger partial charge is 0.145 e. The third kappa shape index (κ3) is 1.48. The van der Waals surface area contributed by atoms with Crippen molar-refractivity contribution in [2.75, 3.05) is 0 Å². The third-order valence-electron chi connectivity index (χ3n) is 5.25. The molecule has 24 heavy (non-hydrogen) atoms. The van der Waals surface area contributed by atoms with E-state index in [1.54, 1.807) is 12.1 Å². The lowest BCUT2D eigenvalue weighted by Gasteiger charge is -2.42. The van der Waals surface area contributed by atoms with Crippen LogP contribution in [0.1, 0.15) is 45.2 Å². The number of benzene rings is 3. The van der Waals surface area contributed by atoms with Gasteiger partial charge in [-0.2, -0.15) is 0 Å². The average molecular weight is 312 g/mol. The van der Waals surface area contributed by atoms with Crippen LogP contribution in [-0.2, 0) is 0 Å². The minimum atomic E-state index is -0.0770. The molecule has 0 unspecified atom stereocenters. The second-order valence-electron chi connectivity index (χ2n) is 6.24. The third-order valence-corrected chi connectivity index (χ3v) is 5.25. The average Bonchev–Trinajstić information content (AvgIpc) is 2.66. The second kappa shape index (κ2) is 4.68. The van der Waals surface area contributed by atoms with Gasteiger partial charge in [0.05, 0.1) is 0 Å². The van der Waals surface area contributed by atoms with Crippen molar-refractivity contribution in [2.45, 2.75) is 11.8 Å². The molecule has 0 N–H and O–H groups in total. The molecule has 4 nitrogen and oxygen atoms in total. The summed E-state index contributed by atoms with van der Waals surface area (Å²) in [5.41, 5.74) is 7.20. The first-order valence-electron chi connectivity index (χ1n) is 7.86. The predicted molar refractivity (Wildman–Crippen MR) is 92.1 cm³/mol. The van der Waals surface area contributed by atoms with Crippen LogP contribution in [0.3, 0.4) is 0 Å². The van der Waals surface area contributed by atoms with Gasteiger partial charge in [0.1, 0.15) is 11.4 Å². The predicted octanol–water partition coefficient (Wildman–Crippen LogP) is 5.47. The van der Waals surface area contributed by atoms with Gasteiger partial charge in [-0.3, -0.25) is 0 Å². The van der Waals surface area contributed by atoms with Crippen LogP contribution < -0.4 is 0 Å². The Morgan fingerprint density at radius 3 is 1.17 bits per heavy atom. The molecule has 6 rings (SSSR count). The van der Waals surface area contributed by atoms with E-state index in [1.807, 2.05) is 24.3 Å². The van der Waals surface area contributed by atoms with Gasteiger partial charge in [-0.25, -0.2) is 0 Å². The van der Waals surface area contributed by atoms with Crippen LogP contribution in [0.2, 0.25) is 0 Å². The molecule has 3 aromatic carbocycles. The normalized spacial score (nSPS) is 19.2. The minimum Gasteiger partial charge on any atom is -0.145 e. The van der Waals surface area contributed by atoms with Gasteiger partial charge < -0.3 is 0 Å². The maximum absolute atomic E-state index is 11.4. The van der Waals surface area contributed by atoms with Gasteiger partial charge in [0.2, 0.25) is 0 Å². The van der Waals surface area contributed by atoms with Crippen LogP contribution in [0.5, 0.6) is 0 Å². The zero-order valence-electron chi connectivity index (χ0n) is 12.6. The Morgan fingerprint density at radius 1 is 0.542 bits per heavy atom. The Hall–Kier alpha value is -3.14. The SMILES string of the molecule is O=Nc1ccc(N=O)c2c1C1c3ccccc3C2c2ccccc21. The van der Waals surface area contributed by atoms with Crippen molar-refractivity contribution >= 4 is 11.4 Å². The van der Waals surface area contributed by atoms with E-state index >= 15 is 0 Å². The molecule has 0 radical (unpaired) electrons. The number of hydrogen-bond donors (Lipinski definition) is 0. The van der Waals surface area contributed by atoms with E-state index in [9.17, 15) is 9.81 Å². The summed E-state index contributed by atoms with van der Waals surface area (Å²) in [5, 5.41) is 6.46. The fraction of sp³-hybridized carbons (Fsp3) is 0.100. The smallest absolute Gasteiger partial charge is 0.112 e. The molecule has 0 heterocycles. The molecule has 0 aliphatic heterocycles. The Kier molecular flexibility index (Phi) is 2.59. The van der Waals surface area contributed by atoms with E-state index in [1.165, 1.54) is 22.3 Å². The lowest BCUT2D eigenvalue weighted by molar-refractivity contribution is 0.755. The fourth-order valence-corrected chi connectivity index (χ4v) is 4.41. The molecule has 3 aromatic rings. The molecule has 0 fully saturated rings. The Labute approximate surface area is 138 Å². The number of rotatable bonds is 2. The molecule has 114 valence electrons. The zero-order valence-corrected chi connectivity index (χ0v) is 12.6. The highest BCUT2D eigenvalue weighted by molar-refractivity contribution is 5.77. The van der Waals surface area contributed by atoms with E-state index in [2.05, 4.69) is 34.6 Å².